The summed E-state index contributed by atoms with van der Waals surface area (Å²) >= 11 is 0. The number of pyridine rings is 1. The molecular formula is C18H26N6O2. The van der Waals surface area contributed by atoms with Crippen molar-refractivity contribution in [1.29, 1.82) is 5.41 Å². The topological polar surface area (TPSA) is 124 Å². The smallest absolute Gasteiger partial charge is 0.243 e. The molecular weight excluding hydrogens is 332 g/mol. The largest absolute Gasteiger partial charge is 0.382 e. The molecule has 140 valence electrons. The van der Waals surface area contributed by atoms with Gasteiger partial charge in [0.1, 0.15) is 17.6 Å². The number of carbonyl (C=O) groups excluding carboxylic acids is 2. The molecule has 2 amide bonds. The van der Waals surface area contributed by atoms with E-state index in [-0.39, 0.29) is 23.7 Å². The summed E-state index contributed by atoms with van der Waals surface area (Å²) < 4.78 is 0. The highest BCUT2D eigenvalue weighted by Gasteiger charge is 2.37. The van der Waals surface area contributed by atoms with Crippen LogP contribution in [-0.4, -0.2) is 52.7 Å². The predicted molar refractivity (Wildman–Crippen MR) is 97.5 cm³/mol. The van der Waals surface area contributed by atoms with Crippen LogP contribution < -0.4 is 16.4 Å². The molecule has 0 aliphatic carbocycles. The van der Waals surface area contributed by atoms with Crippen molar-refractivity contribution in [3.8, 4) is 0 Å². The van der Waals surface area contributed by atoms with E-state index in [4.69, 9.17) is 11.1 Å². The van der Waals surface area contributed by atoms with E-state index in [1.165, 1.54) is 0 Å². The zero-order chi connectivity index (χ0) is 18.5. The van der Waals surface area contributed by atoms with Crippen LogP contribution in [0.2, 0.25) is 0 Å². The second kappa shape index (κ2) is 8.27. The van der Waals surface area contributed by atoms with Gasteiger partial charge in [0.05, 0.1) is 6.04 Å². The summed E-state index contributed by atoms with van der Waals surface area (Å²) in [4.78, 5) is 31.1. The summed E-state index contributed by atoms with van der Waals surface area (Å²) in [5.74, 6) is -0.158. The number of nitrogens with zero attached hydrogens (tertiary/aromatic N) is 2. The number of hydrogen-bond donors (Lipinski definition) is 4. The minimum Gasteiger partial charge on any atom is -0.382 e. The molecule has 0 radical (unpaired) electrons. The summed E-state index contributed by atoms with van der Waals surface area (Å²) in [5, 5.41) is 13.5. The van der Waals surface area contributed by atoms with Gasteiger partial charge in [-0.25, -0.2) is 0 Å². The minimum atomic E-state index is -0.393. The van der Waals surface area contributed by atoms with Gasteiger partial charge in [0.15, 0.2) is 0 Å². The van der Waals surface area contributed by atoms with E-state index in [2.05, 4.69) is 15.6 Å². The number of amides is 2. The van der Waals surface area contributed by atoms with E-state index >= 15 is 0 Å². The quantitative estimate of drug-likeness (QED) is 0.439. The molecule has 3 heterocycles. The molecule has 2 atom stereocenters. The molecule has 3 rings (SSSR count). The molecule has 0 saturated carbocycles. The molecule has 26 heavy (non-hydrogen) atoms. The average molecular weight is 358 g/mol. The van der Waals surface area contributed by atoms with Crippen LogP contribution in [0.3, 0.4) is 0 Å². The maximum atomic E-state index is 12.7. The van der Waals surface area contributed by atoms with E-state index in [0.29, 0.717) is 25.2 Å². The van der Waals surface area contributed by atoms with Crippen molar-refractivity contribution in [2.45, 2.75) is 50.7 Å². The number of hydrogen-bond acceptors (Lipinski definition) is 5. The van der Waals surface area contributed by atoms with Crippen molar-refractivity contribution < 1.29 is 9.59 Å². The standard InChI is InChI=1S/C18H26N6O2/c19-16(20)13-7-6-12(10-22-13)11-23-17(25)15-5-3-9-24(15)18(26)14-4-1-2-8-21-14/h6-7,10,14-15,21H,1-5,8-9,11H2,(H3,19,20)(H,23,25)/t14?,15-/m0/s1. The maximum absolute atomic E-state index is 12.7. The number of rotatable bonds is 5. The van der Waals surface area contributed by atoms with E-state index < -0.39 is 6.04 Å². The van der Waals surface area contributed by atoms with Crippen LogP contribution >= 0.6 is 0 Å². The zero-order valence-corrected chi connectivity index (χ0v) is 14.8. The highest BCUT2D eigenvalue weighted by atomic mass is 16.2. The van der Waals surface area contributed by atoms with Gasteiger partial charge in [-0.3, -0.25) is 20.0 Å². The monoisotopic (exact) mass is 358 g/mol. The average Bonchev–Trinajstić information content (AvgIpc) is 3.16. The number of aromatic nitrogens is 1. The van der Waals surface area contributed by atoms with Gasteiger partial charge >= 0.3 is 0 Å². The summed E-state index contributed by atoms with van der Waals surface area (Å²) in [6.07, 6.45) is 6.15. The Morgan fingerprint density at radius 1 is 1.31 bits per heavy atom. The Labute approximate surface area is 153 Å². The number of nitrogens with two attached hydrogens (primary N) is 1. The van der Waals surface area contributed by atoms with Crippen LogP contribution in [0.25, 0.3) is 0 Å². The lowest BCUT2D eigenvalue weighted by molar-refractivity contribution is -0.140. The second-order valence-electron chi connectivity index (χ2n) is 6.88. The molecule has 2 aliphatic heterocycles. The van der Waals surface area contributed by atoms with E-state index in [1.807, 2.05) is 0 Å². The summed E-state index contributed by atoms with van der Waals surface area (Å²) in [6.45, 7) is 1.85. The highest BCUT2D eigenvalue weighted by Crippen LogP contribution is 2.21. The predicted octanol–water partition coefficient (Wildman–Crippen LogP) is 0.115. The van der Waals surface area contributed by atoms with Crippen LogP contribution in [0.1, 0.15) is 43.4 Å². The third-order valence-corrected chi connectivity index (χ3v) is 5.01. The maximum Gasteiger partial charge on any atom is 0.243 e. The molecule has 1 unspecified atom stereocenters. The number of likely N-dealkylation sites (tertiary alicyclic amines) is 1. The fourth-order valence-electron chi connectivity index (χ4n) is 3.56. The third kappa shape index (κ3) is 4.19. The Balaban J connectivity index is 1.56. The molecule has 2 fully saturated rings. The molecule has 2 saturated heterocycles. The van der Waals surface area contributed by atoms with Crippen molar-refractivity contribution >= 4 is 17.6 Å². The first kappa shape index (κ1) is 18.3. The van der Waals surface area contributed by atoms with E-state index in [0.717, 1.165) is 37.8 Å². The third-order valence-electron chi connectivity index (χ3n) is 5.01. The van der Waals surface area contributed by atoms with Gasteiger partial charge in [-0.2, -0.15) is 0 Å². The first-order valence-corrected chi connectivity index (χ1v) is 9.17. The van der Waals surface area contributed by atoms with Crippen molar-refractivity contribution in [3.63, 3.8) is 0 Å². The van der Waals surface area contributed by atoms with Crippen molar-refractivity contribution in [2.75, 3.05) is 13.1 Å². The van der Waals surface area contributed by atoms with Gasteiger partial charge < -0.3 is 21.3 Å². The van der Waals surface area contributed by atoms with E-state index in [9.17, 15) is 9.59 Å². The molecule has 8 heteroatoms. The van der Waals surface area contributed by atoms with Gasteiger partial charge in [-0.15, -0.1) is 0 Å². The van der Waals surface area contributed by atoms with Crippen LogP contribution in [0.4, 0.5) is 0 Å². The molecule has 1 aromatic heterocycles. The van der Waals surface area contributed by atoms with Crippen LogP contribution in [-0.2, 0) is 16.1 Å². The van der Waals surface area contributed by atoms with Gasteiger partial charge in [0.2, 0.25) is 11.8 Å². The van der Waals surface area contributed by atoms with Crippen molar-refractivity contribution in [3.05, 3.63) is 29.6 Å². The zero-order valence-electron chi connectivity index (χ0n) is 14.8. The summed E-state index contributed by atoms with van der Waals surface area (Å²) in [7, 11) is 0. The van der Waals surface area contributed by atoms with Crippen LogP contribution in [0.5, 0.6) is 0 Å². The van der Waals surface area contributed by atoms with Gasteiger partial charge in [0, 0.05) is 19.3 Å². The first-order valence-electron chi connectivity index (χ1n) is 9.17. The Bertz CT molecular complexity index is 669. The Morgan fingerprint density at radius 2 is 2.15 bits per heavy atom. The number of amidine groups is 1. The Morgan fingerprint density at radius 3 is 2.81 bits per heavy atom. The lowest BCUT2D eigenvalue weighted by Gasteiger charge is -2.30. The molecule has 0 bridgehead atoms. The fourth-order valence-corrected chi connectivity index (χ4v) is 3.56. The first-order chi connectivity index (χ1) is 12.6. The Kier molecular flexibility index (Phi) is 5.82. The number of carbonyl (C=O) groups is 2. The molecule has 0 aromatic carbocycles. The number of nitrogens with one attached hydrogen (secondary N) is 3. The molecule has 1 aromatic rings. The van der Waals surface area contributed by atoms with Crippen molar-refractivity contribution in [2.24, 2.45) is 5.73 Å². The highest BCUT2D eigenvalue weighted by molar-refractivity contribution is 5.93. The number of piperidine rings is 1. The SMILES string of the molecule is N=C(N)c1ccc(CNC(=O)[C@@H]2CCCN2C(=O)C2CCCCN2)cn1. The Hall–Kier alpha value is -2.48. The second-order valence-corrected chi connectivity index (χ2v) is 6.88. The summed E-state index contributed by atoms with van der Waals surface area (Å²) in [6, 6.07) is 2.90. The summed E-state index contributed by atoms with van der Waals surface area (Å²) in [5.41, 5.74) is 6.62. The lowest BCUT2D eigenvalue weighted by Crippen LogP contribution is -2.53. The normalized spacial score (nSPS) is 22.8. The molecule has 0 spiro atoms. The minimum absolute atomic E-state index is 0.0508. The van der Waals surface area contributed by atoms with Gasteiger partial charge in [0.25, 0.3) is 0 Å². The fraction of sp³-hybridized carbons (Fsp3) is 0.556. The van der Waals surface area contributed by atoms with Crippen molar-refractivity contribution in [1.82, 2.24) is 20.5 Å². The molecule has 8 nitrogen and oxygen atoms in total. The van der Waals surface area contributed by atoms with Gasteiger partial charge in [-0.05, 0) is 43.9 Å². The van der Waals surface area contributed by atoms with Gasteiger partial charge in [-0.1, -0.05) is 12.5 Å². The molecule has 2 aliphatic rings. The van der Waals surface area contributed by atoms with E-state index in [1.54, 1.807) is 23.2 Å². The molecule has 5 N–H and O–H groups in total. The van der Waals surface area contributed by atoms with Crippen LogP contribution in [0, 0.1) is 5.41 Å². The number of nitrogen functional groups attached to an aromatic ring is 1. The van der Waals surface area contributed by atoms with Crippen LogP contribution in [0.15, 0.2) is 18.3 Å². The lowest BCUT2D eigenvalue weighted by atomic mass is 10.0.